The van der Waals surface area contributed by atoms with Gasteiger partial charge < -0.3 is 15.2 Å². The largest absolute Gasteiger partial charge is 0.497 e. The number of amides is 1. The van der Waals surface area contributed by atoms with E-state index >= 15 is 0 Å². The van der Waals surface area contributed by atoms with Crippen LogP contribution in [0, 0.1) is 5.92 Å². The second-order valence-electron chi connectivity index (χ2n) is 6.69. The second kappa shape index (κ2) is 5.70. The van der Waals surface area contributed by atoms with E-state index in [2.05, 4.69) is 5.32 Å². The number of hydrogen-bond acceptors (Lipinski definition) is 4. The Labute approximate surface area is 145 Å². The van der Waals surface area contributed by atoms with Crippen molar-refractivity contribution in [2.75, 3.05) is 12.4 Å². The number of aryl methyl sites for hydroxylation is 1. The Kier molecular flexibility index (Phi) is 3.62. The zero-order chi connectivity index (χ0) is 17.6. The predicted octanol–water partition coefficient (Wildman–Crippen LogP) is 2.67. The van der Waals surface area contributed by atoms with Crippen LogP contribution in [-0.2, 0) is 16.8 Å². The highest BCUT2D eigenvalue weighted by molar-refractivity contribution is 6.06. The Morgan fingerprint density at radius 3 is 2.84 bits per heavy atom. The molecule has 5 heteroatoms. The lowest BCUT2D eigenvalue weighted by atomic mass is 9.75. The van der Waals surface area contributed by atoms with E-state index in [9.17, 15) is 14.7 Å². The van der Waals surface area contributed by atoms with Gasteiger partial charge in [-0.15, -0.1) is 0 Å². The van der Waals surface area contributed by atoms with Crippen molar-refractivity contribution in [1.82, 2.24) is 0 Å². The molecule has 1 aliphatic carbocycles. The summed E-state index contributed by atoms with van der Waals surface area (Å²) >= 11 is 0. The topological polar surface area (TPSA) is 75.6 Å². The third-order valence-electron chi connectivity index (χ3n) is 5.25. The molecular weight excluding hydrogens is 318 g/mol. The Hall–Kier alpha value is -2.66. The van der Waals surface area contributed by atoms with Gasteiger partial charge in [0.1, 0.15) is 5.75 Å². The fraction of sp³-hybridized carbons (Fsp3) is 0.300. The number of anilines is 1. The van der Waals surface area contributed by atoms with Gasteiger partial charge in [-0.2, -0.15) is 0 Å². The number of para-hydroxylation sites is 1. The van der Waals surface area contributed by atoms with Crippen molar-refractivity contribution in [1.29, 1.82) is 0 Å². The molecule has 0 unspecified atom stereocenters. The first-order chi connectivity index (χ1) is 12.0. The minimum atomic E-state index is -1.66. The third-order valence-corrected chi connectivity index (χ3v) is 5.25. The standard InChI is InChI=1S/C20H19NO4/c1-25-14-9-8-12-6-7-13(18(22)15(12)10-14)11-20(24)16-4-2-3-5-17(16)21-19(20)23/h2-5,8-10,13,24H,6-7,11H2,1H3,(H,21,23)/t13-,20-/m0/s1. The molecule has 0 aromatic heterocycles. The Bertz CT molecular complexity index is 876. The Morgan fingerprint density at radius 1 is 1.24 bits per heavy atom. The Morgan fingerprint density at radius 2 is 2.04 bits per heavy atom. The lowest BCUT2D eigenvalue weighted by Gasteiger charge is -2.29. The van der Waals surface area contributed by atoms with Crippen LogP contribution in [0.15, 0.2) is 42.5 Å². The van der Waals surface area contributed by atoms with Crippen LogP contribution in [0.5, 0.6) is 5.75 Å². The molecule has 1 amide bonds. The number of Topliss-reactive ketones (excluding diaryl/α,β-unsaturated/α-hetero) is 1. The minimum Gasteiger partial charge on any atom is -0.497 e. The number of ether oxygens (including phenoxy) is 1. The number of aliphatic hydroxyl groups is 1. The lowest BCUT2D eigenvalue weighted by molar-refractivity contribution is -0.135. The van der Waals surface area contributed by atoms with Gasteiger partial charge in [-0.05, 0) is 43.0 Å². The first-order valence-corrected chi connectivity index (χ1v) is 8.37. The number of ketones is 1. The summed E-state index contributed by atoms with van der Waals surface area (Å²) in [5, 5.41) is 13.8. The van der Waals surface area contributed by atoms with Crippen LogP contribution in [0.2, 0.25) is 0 Å². The molecule has 2 N–H and O–H groups in total. The molecule has 0 spiro atoms. The highest BCUT2D eigenvalue weighted by Gasteiger charge is 2.48. The molecule has 0 fully saturated rings. The van der Waals surface area contributed by atoms with Gasteiger partial charge in [0.2, 0.25) is 0 Å². The zero-order valence-electron chi connectivity index (χ0n) is 13.9. The van der Waals surface area contributed by atoms with Crippen molar-refractivity contribution in [3.63, 3.8) is 0 Å². The summed E-state index contributed by atoms with van der Waals surface area (Å²) in [7, 11) is 1.56. The fourth-order valence-corrected chi connectivity index (χ4v) is 3.87. The van der Waals surface area contributed by atoms with Crippen molar-refractivity contribution >= 4 is 17.4 Å². The molecule has 0 radical (unpaired) electrons. The summed E-state index contributed by atoms with van der Waals surface area (Å²) in [5.74, 6) is -0.263. The van der Waals surface area contributed by atoms with Crippen LogP contribution in [0.25, 0.3) is 0 Å². The average Bonchev–Trinajstić information content (AvgIpc) is 2.88. The fourth-order valence-electron chi connectivity index (χ4n) is 3.87. The monoisotopic (exact) mass is 337 g/mol. The lowest BCUT2D eigenvalue weighted by Crippen LogP contribution is -2.39. The zero-order valence-corrected chi connectivity index (χ0v) is 13.9. The van der Waals surface area contributed by atoms with E-state index in [1.807, 2.05) is 12.1 Å². The molecule has 128 valence electrons. The summed E-state index contributed by atoms with van der Waals surface area (Å²) in [6, 6.07) is 12.6. The molecule has 2 aliphatic rings. The molecule has 2 aromatic carbocycles. The van der Waals surface area contributed by atoms with Gasteiger partial charge >= 0.3 is 0 Å². The first-order valence-electron chi connectivity index (χ1n) is 8.37. The van der Waals surface area contributed by atoms with Gasteiger partial charge in [0.15, 0.2) is 11.4 Å². The number of fused-ring (bicyclic) bond motifs is 2. The van der Waals surface area contributed by atoms with Crippen molar-refractivity contribution < 1.29 is 19.4 Å². The smallest absolute Gasteiger partial charge is 0.261 e. The molecule has 5 nitrogen and oxygen atoms in total. The van der Waals surface area contributed by atoms with Crippen LogP contribution in [0.1, 0.15) is 34.3 Å². The summed E-state index contributed by atoms with van der Waals surface area (Å²) in [5.41, 5.74) is 1.12. The maximum atomic E-state index is 12.9. The van der Waals surface area contributed by atoms with Crippen LogP contribution in [0.3, 0.4) is 0 Å². The third kappa shape index (κ3) is 2.43. The summed E-state index contributed by atoms with van der Waals surface area (Å²) in [6.45, 7) is 0. The molecule has 25 heavy (non-hydrogen) atoms. The van der Waals surface area contributed by atoms with Crippen LogP contribution >= 0.6 is 0 Å². The molecule has 0 saturated carbocycles. The summed E-state index contributed by atoms with van der Waals surface area (Å²) in [4.78, 5) is 25.3. The van der Waals surface area contributed by atoms with Gasteiger partial charge in [0.25, 0.3) is 5.91 Å². The van der Waals surface area contributed by atoms with E-state index in [1.165, 1.54) is 0 Å². The van der Waals surface area contributed by atoms with E-state index in [4.69, 9.17) is 4.74 Å². The summed E-state index contributed by atoms with van der Waals surface area (Å²) < 4.78 is 5.21. The van der Waals surface area contributed by atoms with E-state index in [1.54, 1.807) is 37.4 Å². The van der Waals surface area contributed by atoms with Crippen molar-refractivity contribution in [3.8, 4) is 5.75 Å². The molecule has 4 rings (SSSR count). The van der Waals surface area contributed by atoms with Crippen molar-refractivity contribution in [2.24, 2.45) is 5.92 Å². The SMILES string of the molecule is COc1ccc2c(c1)C(=O)[C@H](C[C@@]1(O)C(=O)Nc3ccccc31)CC2. The van der Waals surface area contributed by atoms with Gasteiger partial charge in [0, 0.05) is 22.7 Å². The number of rotatable bonds is 3. The van der Waals surface area contributed by atoms with Crippen molar-refractivity contribution in [2.45, 2.75) is 24.9 Å². The molecule has 0 saturated heterocycles. The maximum absolute atomic E-state index is 12.9. The molecule has 0 bridgehead atoms. The molecule has 2 atom stereocenters. The van der Waals surface area contributed by atoms with E-state index < -0.39 is 17.4 Å². The van der Waals surface area contributed by atoms with E-state index in [0.29, 0.717) is 29.0 Å². The Balaban J connectivity index is 1.66. The van der Waals surface area contributed by atoms with Crippen LogP contribution in [0.4, 0.5) is 5.69 Å². The minimum absolute atomic E-state index is 0.0363. The molecule has 1 heterocycles. The average molecular weight is 337 g/mol. The van der Waals surface area contributed by atoms with E-state index in [-0.39, 0.29) is 12.2 Å². The quantitative estimate of drug-likeness (QED) is 0.903. The maximum Gasteiger partial charge on any atom is 0.261 e. The number of carbonyl (C=O) groups is 2. The van der Waals surface area contributed by atoms with Crippen LogP contribution < -0.4 is 10.1 Å². The normalized spacial score (nSPS) is 24.5. The molecule has 2 aromatic rings. The van der Waals surface area contributed by atoms with Gasteiger partial charge in [0.05, 0.1) is 7.11 Å². The van der Waals surface area contributed by atoms with Crippen molar-refractivity contribution in [3.05, 3.63) is 59.2 Å². The molecule has 1 aliphatic heterocycles. The molecular formula is C20H19NO4. The van der Waals surface area contributed by atoms with Gasteiger partial charge in [-0.1, -0.05) is 24.3 Å². The highest BCUT2D eigenvalue weighted by Crippen LogP contribution is 2.42. The first kappa shape index (κ1) is 15.8. The second-order valence-corrected chi connectivity index (χ2v) is 6.69. The summed E-state index contributed by atoms with van der Waals surface area (Å²) in [6.07, 6.45) is 1.45. The number of benzene rings is 2. The van der Waals surface area contributed by atoms with E-state index in [0.717, 1.165) is 12.0 Å². The van der Waals surface area contributed by atoms with Crippen LogP contribution in [-0.4, -0.2) is 23.9 Å². The predicted molar refractivity (Wildman–Crippen MR) is 92.7 cm³/mol. The number of methoxy groups -OCH3 is 1. The van der Waals surface area contributed by atoms with Gasteiger partial charge in [-0.25, -0.2) is 0 Å². The number of carbonyl (C=O) groups excluding carboxylic acids is 2. The number of nitrogens with one attached hydrogen (secondary N) is 1. The highest BCUT2D eigenvalue weighted by atomic mass is 16.5. The number of hydrogen-bond donors (Lipinski definition) is 2. The van der Waals surface area contributed by atoms with Gasteiger partial charge in [-0.3, -0.25) is 9.59 Å².